The first-order chi connectivity index (χ1) is 2.77. The van der Waals surface area contributed by atoms with Crippen LogP contribution in [0.5, 0.6) is 0 Å². The molecule has 2 N–H and O–H groups in total. The van der Waals surface area contributed by atoms with Crippen molar-refractivity contribution in [1.29, 1.82) is 0 Å². The van der Waals surface area contributed by atoms with Crippen molar-refractivity contribution in [1.82, 2.24) is 0 Å². The van der Waals surface area contributed by atoms with Gasteiger partial charge in [-0.2, -0.15) is 0 Å². The van der Waals surface area contributed by atoms with E-state index >= 15 is 0 Å². The Morgan fingerprint density at radius 1 is 2.00 bits per heavy atom. The smallest absolute Gasteiger partial charge is 0.404 e. The molecular weight excluding hydrogens is 82.0 g/mol. The van der Waals surface area contributed by atoms with Crippen LogP contribution in [0.4, 0.5) is 4.79 Å². The Morgan fingerprint density at radius 2 is 2.50 bits per heavy atom. The highest BCUT2D eigenvalue weighted by molar-refractivity contribution is 5.64. The van der Waals surface area contributed by atoms with Gasteiger partial charge in [-0.25, -0.2) is 4.79 Å². The van der Waals surface area contributed by atoms with E-state index in [0.29, 0.717) is 0 Å². The van der Waals surface area contributed by atoms with E-state index in [-0.39, 0.29) is 0 Å². The average Bonchev–Trinajstić information content (AvgIpc) is 1.35. The quantitative estimate of drug-likeness (QED) is 0.500. The second-order valence-electron chi connectivity index (χ2n) is 0.673. The Labute approximate surface area is 36.1 Å². The molecule has 0 saturated heterocycles. The molecule has 3 nitrogen and oxygen atoms in total. The van der Waals surface area contributed by atoms with Gasteiger partial charge in [-0.15, -0.1) is 0 Å². The molecule has 35 valence electrons. The van der Waals surface area contributed by atoms with Crippen LogP contribution < -0.4 is 5.73 Å². The Hall–Kier alpha value is -0.730. The summed E-state index contributed by atoms with van der Waals surface area (Å²) >= 11 is 0. The van der Waals surface area contributed by atoms with Crippen molar-refractivity contribution in [2.45, 2.75) is 6.92 Å². The van der Waals surface area contributed by atoms with Crippen LogP contribution in [0, 0.1) is 6.61 Å². The van der Waals surface area contributed by atoms with Crippen LogP contribution in [-0.4, -0.2) is 6.09 Å². The van der Waals surface area contributed by atoms with Crippen molar-refractivity contribution in [3.63, 3.8) is 0 Å². The van der Waals surface area contributed by atoms with Gasteiger partial charge in [0.05, 0.1) is 0 Å². The molecule has 0 saturated carbocycles. The van der Waals surface area contributed by atoms with E-state index in [2.05, 4.69) is 10.5 Å². The molecule has 0 fully saturated rings. The number of amides is 1. The van der Waals surface area contributed by atoms with Gasteiger partial charge in [0.15, 0.2) is 0 Å². The number of primary amides is 1. The maximum absolute atomic E-state index is 9.57. The lowest BCUT2D eigenvalue weighted by atomic mass is 10.9. The van der Waals surface area contributed by atoms with E-state index in [1.54, 1.807) is 6.92 Å². The molecule has 0 heterocycles. The van der Waals surface area contributed by atoms with Crippen LogP contribution in [0.25, 0.3) is 0 Å². The maximum Gasteiger partial charge on any atom is 0.404 e. The molecule has 0 aliphatic carbocycles. The number of rotatable bonds is 1. The molecule has 0 atom stereocenters. The molecular formula is C3H6NO2. The Bertz CT molecular complexity index is 52.8. The fraction of sp³-hybridized carbons (Fsp3) is 0.333. The largest absolute Gasteiger partial charge is 0.443 e. The van der Waals surface area contributed by atoms with Crippen molar-refractivity contribution in [2.75, 3.05) is 0 Å². The van der Waals surface area contributed by atoms with E-state index in [1.165, 1.54) is 6.61 Å². The van der Waals surface area contributed by atoms with Crippen molar-refractivity contribution in [2.24, 2.45) is 5.73 Å². The molecule has 3 heteroatoms. The average molecular weight is 88.1 g/mol. The molecule has 0 aromatic carbocycles. The number of carbonyl (C=O) groups excluding carboxylic acids is 1. The summed E-state index contributed by atoms with van der Waals surface area (Å²) in [5, 5.41) is 0. The van der Waals surface area contributed by atoms with E-state index < -0.39 is 6.09 Å². The summed E-state index contributed by atoms with van der Waals surface area (Å²) in [6, 6.07) is 0. The van der Waals surface area contributed by atoms with E-state index in [0.717, 1.165) is 0 Å². The molecule has 6 heavy (non-hydrogen) atoms. The van der Waals surface area contributed by atoms with Gasteiger partial charge in [0.1, 0.15) is 6.61 Å². The summed E-state index contributed by atoms with van der Waals surface area (Å²) in [5.41, 5.74) is 4.51. The van der Waals surface area contributed by atoms with Crippen molar-refractivity contribution in [3.05, 3.63) is 6.61 Å². The molecule has 0 spiro atoms. The first-order valence-corrected chi connectivity index (χ1v) is 1.51. The summed E-state index contributed by atoms with van der Waals surface area (Å²) < 4.78 is 4.06. The zero-order valence-electron chi connectivity index (χ0n) is 3.47. The monoisotopic (exact) mass is 88.0 g/mol. The van der Waals surface area contributed by atoms with Crippen LogP contribution in [0.3, 0.4) is 0 Å². The molecule has 0 aromatic heterocycles. The fourth-order valence-electron chi connectivity index (χ4n) is 0.116. The summed E-state index contributed by atoms with van der Waals surface area (Å²) in [7, 11) is 0. The number of nitrogens with two attached hydrogens (primary N) is 1. The van der Waals surface area contributed by atoms with E-state index in [4.69, 9.17) is 0 Å². The zero-order valence-corrected chi connectivity index (χ0v) is 3.47. The van der Waals surface area contributed by atoms with E-state index in [9.17, 15) is 4.79 Å². The van der Waals surface area contributed by atoms with Gasteiger partial charge >= 0.3 is 6.09 Å². The summed E-state index contributed by atoms with van der Waals surface area (Å²) in [6.07, 6.45) is -0.766. The molecule has 1 radical (unpaired) electrons. The Morgan fingerprint density at radius 3 is 2.50 bits per heavy atom. The van der Waals surface area contributed by atoms with Gasteiger partial charge < -0.3 is 10.5 Å². The van der Waals surface area contributed by atoms with Gasteiger partial charge in [-0.1, -0.05) is 0 Å². The van der Waals surface area contributed by atoms with Gasteiger partial charge in [0, 0.05) is 0 Å². The van der Waals surface area contributed by atoms with Crippen LogP contribution >= 0.6 is 0 Å². The number of hydrogen-bond acceptors (Lipinski definition) is 2. The van der Waals surface area contributed by atoms with Crippen LogP contribution in [-0.2, 0) is 4.74 Å². The van der Waals surface area contributed by atoms with Gasteiger partial charge in [-0.05, 0) is 6.92 Å². The molecule has 0 aliphatic heterocycles. The lowest BCUT2D eigenvalue weighted by Gasteiger charge is -1.87. The SMILES string of the molecule is C[CH]OC(N)=O. The minimum absolute atomic E-state index is 0.766. The standard InChI is InChI=1S/C3H6NO2/c1-2-6-3(4)5/h2H,1H3,(H2,4,5). The topological polar surface area (TPSA) is 52.3 Å². The number of hydrogen-bond donors (Lipinski definition) is 1. The van der Waals surface area contributed by atoms with Crippen molar-refractivity contribution in [3.8, 4) is 0 Å². The van der Waals surface area contributed by atoms with Crippen LogP contribution in [0.1, 0.15) is 6.92 Å². The highest BCUT2D eigenvalue weighted by Gasteiger charge is 1.83. The van der Waals surface area contributed by atoms with Crippen LogP contribution in [0.2, 0.25) is 0 Å². The third-order valence-electron chi connectivity index (χ3n) is 0.234. The third kappa shape index (κ3) is 3.27. The molecule has 1 amide bonds. The van der Waals surface area contributed by atoms with Gasteiger partial charge in [-0.3, -0.25) is 0 Å². The first kappa shape index (κ1) is 5.27. The van der Waals surface area contributed by atoms with Crippen molar-refractivity contribution >= 4 is 6.09 Å². The maximum atomic E-state index is 9.57. The van der Waals surface area contributed by atoms with Gasteiger partial charge in [0.25, 0.3) is 0 Å². The second-order valence-corrected chi connectivity index (χ2v) is 0.673. The van der Waals surface area contributed by atoms with Crippen LogP contribution in [0.15, 0.2) is 0 Å². The molecule has 0 aromatic rings. The molecule has 0 rings (SSSR count). The normalized spacial score (nSPS) is 7.50. The molecule has 0 bridgehead atoms. The lowest BCUT2D eigenvalue weighted by Crippen LogP contribution is -2.09. The number of ether oxygens (including phenoxy) is 1. The van der Waals surface area contributed by atoms with Crippen molar-refractivity contribution < 1.29 is 9.53 Å². The fourth-order valence-corrected chi connectivity index (χ4v) is 0.116. The summed E-state index contributed by atoms with van der Waals surface area (Å²) in [6.45, 7) is 2.80. The highest BCUT2D eigenvalue weighted by atomic mass is 16.5. The Kier molecular flexibility index (Phi) is 2.20. The predicted octanol–water partition coefficient (Wildman–Crippen LogP) is 0.263. The number of carbonyl (C=O) groups is 1. The second kappa shape index (κ2) is 2.50. The minimum atomic E-state index is -0.766. The predicted molar refractivity (Wildman–Crippen MR) is 20.6 cm³/mol. The molecule has 0 unspecified atom stereocenters. The summed E-state index contributed by atoms with van der Waals surface area (Å²) in [4.78, 5) is 9.57. The molecule has 0 aliphatic rings. The third-order valence-corrected chi connectivity index (χ3v) is 0.234. The highest BCUT2D eigenvalue weighted by Crippen LogP contribution is 1.73. The first-order valence-electron chi connectivity index (χ1n) is 1.51. The van der Waals surface area contributed by atoms with E-state index in [1.807, 2.05) is 0 Å². The van der Waals surface area contributed by atoms with Gasteiger partial charge in [0.2, 0.25) is 0 Å². The lowest BCUT2D eigenvalue weighted by molar-refractivity contribution is 0.184. The Balaban J connectivity index is 2.83. The minimum Gasteiger partial charge on any atom is -0.443 e. The summed E-state index contributed by atoms with van der Waals surface area (Å²) in [5.74, 6) is 0. The zero-order chi connectivity index (χ0) is 4.99.